The van der Waals surface area contributed by atoms with E-state index in [-0.39, 0.29) is 5.60 Å². The summed E-state index contributed by atoms with van der Waals surface area (Å²) in [6.07, 6.45) is 4.50. The van der Waals surface area contributed by atoms with E-state index in [1.165, 1.54) is 0 Å². The van der Waals surface area contributed by atoms with Crippen LogP contribution < -0.4 is 14.2 Å². The van der Waals surface area contributed by atoms with Crippen LogP contribution in [0, 0.1) is 0 Å². The van der Waals surface area contributed by atoms with Crippen molar-refractivity contribution in [2.45, 2.75) is 50.0 Å². The first-order chi connectivity index (χ1) is 12.6. The highest BCUT2D eigenvalue weighted by Crippen LogP contribution is 2.44. The topological polar surface area (TPSA) is 49.4 Å². The summed E-state index contributed by atoms with van der Waals surface area (Å²) in [4.78, 5) is 2.51. The Morgan fingerprint density at radius 3 is 2.23 bits per heavy atom. The summed E-state index contributed by atoms with van der Waals surface area (Å²) in [6.45, 7) is 1.84. The Hall–Kier alpha value is -1.50. The predicted molar refractivity (Wildman–Crippen MR) is 99.3 cm³/mol. The van der Waals surface area contributed by atoms with Gasteiger partial charge in [0.2, 0.25) is 5.75 Å². The molecule has 1 aromatic rings. The summed E-state index contributed by atoms with van der Waals surface area (Å²) in [5, 5.41) is 0. The van der Waals surface area contributed by atoms with Crippen LogP contribution in [0.1, 0.15) is 31.2 Å². The van der Waals surface area contributed by atoms with Crippen molar-refractivity contribution >= 4 is 0 Å². The van der Waals surface area contributed by atoms with Gasteiger partial charge in [0, 0.05) is 33.4 Å². The maximum Gasteiger partial charge on any atom is 0.203 e. The van der Waals surface area contributed by atoms with Crippen molar-refractivity contribution in [1.29, 1.82) is 0 Å². The highest BCUT2D eigenvalue weighted by Gasteiger charge is 2.51. The minimum atomic E-state index is -0.0460. The number of nitrogens with zero attached hydrogens (tertiary/aromatic N) is 1. The van der Waals surface area contributed by atoms with Crippen molar-refractivity contribution in [2.24, 2.45) is 0 Å². The van der Waals surface area contributed by atoms with E-state index in [4.69, 9.17) is 23.7 Å². The largest absolute Gasteiger partial charge is 0.493 e. The lowest BCUT2D eigenvalue weighted by Gasteiger charge is -2.43. The van der Waals surface area contributed by atoms with Crippen molar-refractivity contribution in [2.75, 3.05) is 42.1 Å². The van der Waals surface area contributed by atoms with Gasteiger partial charge in [0.1, 0.15) is 0 Å². The van der Waals surface area contributed by atoms with Crippen molar-refractivity contribution in [1.82, 2.24) is 4.90 Å². The standard InChI is InChI=1S/C20H31NO5/c1-22-15-6-7-20(26-5)8-9-21(18(20)12-15)13-14-10-16(23-2)19(25-4)17(11-14)24-3/h10-11,15,18H,6-9,12-13H2,1-5H3/t15-,18+,20-/m1/s1. The van der Waals surface area contributed by atoms with Gasteiger partial charge in [0.25, 0.3) is 0 Å². The van der Waals surface area contributed by atoms with Crippen molar-refractivity contribution in [3.63, 3.8) is 0 Å². The number of rotatable bonds is 7. The number of hydrogen-bond acceptors (Lipinski definition) is 6. The van der Waals surface area contributed by atoms with E-state index in [9.17, 15) is 0 Å². The van der Waals surface area contributed by atoms with E-state index in [0.29, 0.717) is 29.4 Å². The van der Waals surface area contributed by atoms with Crippen LogP contribution in [0.2, 0.25) is 0 Å². The zero-order valence-electron chi connectivity index (χ0n) is 16.5. The fraction of sp³-hybridized carbons (Fsp3) is 0.700. The molecule has 0 N–H and O–H groups in total. The molecule has 3 atom stereocenters. The molecule has 0 radical (unpaired) electrons. The van der Waals surface area contributed by atoms with Gasteiger partial charge in [-0.3, -0.25) is 4.90 Å². The molecule has 26 heavy (non-hydrogen) atoms. The minimum absolute atomic E-state index is 0.0460. The van der Waals surface area contributed by atoms with E-state index < -0.39 is 0 Å². The summed E-state index contributed by atoms with van der Waals surface area (Å²) in [7, 11) is 8.58. The summed E-state index contributed by atoms with van der Waals surface area (Å²) < 4.78 is 28.1. The molecule has 6 heteroatoms. The molecular formula is C20H31NO5. The summed E-state index contributed by atoms with van der Waals surface area (Å²) in [5.74, 6) is 2.01. The minimum Gasteiger partial charge on any atom is -0.493 e. The number of benzene rings is 1. The van der Waals surface area contributed by atoms with Gasteiger partial charge in [0.05, 0.1) is 33.0 Å². The van der Waals surface area contributed by atoms with Gasteiger partial charge in [-0.15, -0.1) is 0 Å². The molecule has 0 aromatic heterocycles. The van der Waals surface area contributed by atoms with E-state index in [1.54, 1.807) is 21.3 Å². The molecule has 2 aliphatic rings. The Balaban J connectivity index is 1.84. The van der Waals surface area contributed by atoms with E-state index in [1.807, 2.05) is 26.4 Å². The highest BCUT2D eigenvalue weighted by atomic mass is 16.5. The summed E-state index contributed by atoms with van der Waals surface area (Å²) >= 11 is 0. The first-order valence-corrected chi connectivity index (χ1v) is 9.21. The van der Waals surface area contributed by atoms with Crippen LogP contribution in [0.5, 0.6) is 17.2 Å². The van der Waals surface area contributed by atoms with Crippen LogP contribution in [0.25, 0.3) is 0 Å². The van der Waals surface area contributed by atoms with Crippen LogP contribution in [0.3, 0.4) is 0 Å². The number of fused-ring (bicyclic) bond motifs is 1. The van der Waals surface area contributed by atoms with Gasteiger partial charge >= 0.3 is 0 Å². The smallest absolute Gasteiger partial charge is 0.203 e. The van der Waals surface area contributed by atoms with Gasteiger partial charge in [-0.1, -0.05) is 0 Å². The SMILES string of the molecule is COc1cc(CN2CC[C@]3(OC)CC[C@@H](OC)C[C@H]23)cc(OC)c1OC. The van der Waals surface area contributed by atoms with E-state index in [0.717, 1.165) is 44.3 Å². The van der Waals surface area contributed by atoms with Crippen LogP contribution in [-0.4, -0.2) is 64.7 Å². The van der Waals surface area contributed by atoms with Crippen LogP contribution >= 0.6 is 0 Å². The molecule has 1 saturated heterocycles. The second-order valence-electron chi connectivity index (χ2n) is 7.17. The average Bonchev–Trinajstić information content (AvgIpc) is 3.05. The van der Waals surface area contributed by atoms with Gasteiger partial charge in [-0.25, -0.2) is 0 Å². The maximum atomic E-state index is 6.02. The molecule has 1 heterocycles. The lowest BCUT2D eigenvalue weighted by molar-refractivity contribution is -0.0947. The second kappa shape index (κ2) is 8.03. The van der Waals surface area contributed by atoms with Crippen LogP contribution in [0.4, 0.5) is 0 Å². The van der Waals surface area contributed by atoms with Gasteiger partial charge in [-0.2, -0.15) is 0 Å². The molecule has 1 aromatic carbocycles. The Morgan fingerprint density at radius 1 is 1.00 bits per heavy atom. The first kappa shape index (κ1) is 19.3. The van der Waals surface area contributed by atoms with Crippen LogP contribution in [-0.2, 0) is 16.0 Å². The molecule has 1 aliphatic carbocycles. The molecule has 6 nitrogen and oxygen atoms in total. The number of hydrogen-bond donors (Lipinski definition) is 0. The zero-order chi connectivity index (χ0) is 18.7. The summed E-state index contributed by atoms with van der Waals surface area (Å²) in [5.41, 5.74) is 1.10. The van der Waals surface area contributed by atoms with Crippen molar-refractivity contribution < 1.29 is 23.7 Å². The molecular weight excluding hydrogens is 334 g/mol. The van der Waals surface area contributed by atoms with Gasteiger partial charge in [-0.05, 0) is 43.4 Å². The molecule has 0 spiro atoms. The molecule has 0 amide bonds. The second-order valence-corrected chi connectivity index (χ2v) is 7.17. The molecule has 0 unspecified atom stereocenters. The Bertz CT molecular complexity index is 597. The van der Waals surface area contributed by atoms with Crippen molar-refractivity contribution in [3.8, 4) is 17.2 Å². The Morgan fingerprint density at radius 2 is 1.69 bits per heavy atom. The third-order valence-electron chi connectivity index (χ3n) is 6.10. The highest BCUT2D eigenvalue weighted by molar-refractivity contribution is 5.53. The Kier molecular flexibility index (Phi) is 5.95. The Labute approximate surface area is 156 Å². The van der Waals surface area contributed by atoms with Crippen molar-refractivity contribution in [3.05, 3.63) is 17.7 Å². The molecule has 1 aliphatic heterocycles. The van der Waals surface area contributed by atoms with Gasteiger partial charge in [0.15, 0.2) is 11.5 Å². The molecule has 2 fully saturated rings. The van der Waals surface area contributed by atoms with Crippen LogP contribution in [0.15, 0.2) is 12.1 Å². The number of ether oxygens (including phenoxy) is 5. The third-order valence-corrected chi connectivity index (χ3v) is 6.10. The van der Waals surface area contributed by atoms with E-state index in [2.05, 4.69) is 4.90 Å². The average molecular weight is 365 g/mol. The van der Waals surface area contributed by atoms with Gasteiger partial charge < -0.3 is 23.7 Å². The lowest BCUT2D eigenvalue weighted by Crippen LogP contribution is -2.51. The maximum absolute atomic E-state index is 6.02. The quantitative estimate of drug-likeness (QED) is 0.741. The lowest BCUT2D eigenvalue weighted by atomic mass is 9.79. The monoisotopic (exact) mass is 365 g/mol. The van der Waals surface area contributed by atoms with E-state index >= 15 is 0 Å². The molecule has 0 bridgehead atoms. The summed E-state index contributed by atoms with van der Waals surface area (Å²) in [6, 6.07) is 4.43. The normalized spacial score (nSPS) is 28.7. The first-order valence-electron chi connectivity index (χ1n) is 9.21. The zero-order valence-corrected chi connectivity index (χ0v) is 16.5. The molecule has 1 saturated carbocycles. The molecule has 146 valence electrons. The number of likely N-dealkylation sites (tertiary alicyclic amines) is 1. The fourth-order valence-electron chi connectivity index (χ4n) is 4.62. The molecule has 3 rings (SSSR count). The third kappa shape index (κ3) is 3.38. The fourth-order valence-corrected chi connectivity index (χ4v) is 4.62. The number of methoxy groups -OCH3 is 5. The predicted octanol–water partition coefficient (Wildman–Crippen LogP) is 2.87.